The molecule has 158 valence electrons. The van der Waals surface area contributed by atoms with Crippen LogP contribution in [0.1, 0.15) is 60.9 Å². The molecule has 5 heteroatoms. The molecule has 2 aromatic rings. The van der Waals surface area contributed by atoms with E-state index in [0.29, 0.717) is 18.1 Å². The second kappa shape index (κ2) is 8.76. The molecule has 2 bridgehead atoms. The molecule has 2 atom stereocenters. The zero-order valence-corrected chi connectivity index (χ0v) is 17.7. The number of carbonyl (C=O) groups is 1. The van der Waals surface area contributed by atoms with E-state index in [0.717, 1.165) is 56.7 Å². The summed E-state index contributed by atoms with van der Waals surface area (Å²) in [7, 11) is 0. The minimum atomic E-state index is 0.134. The lowest BCUT2D eigenvalue weighted by Gasteiger charge is -2.39. The van der Waals surface area contributed by atoms with Crippen molar-refractivity contribution in [1.29, 1.82) is 0 Å². The number of rotatable bonds is 5. The van der Waals surface area contributed by atoms with Crippen LogP contribution in [0.15, 0.2) is 48.7 Å². The van der Waals surface area contributed by atoms with Crippen LogP contribution in [0.4, 0.5) is 5.82 Å². The molecule has 3 aliphatic rings. The number of nitrogens with one attached hydrogen (secondary N) is 1. The van der Waals surface area contributed by atoms with Gasteiger partial charge in [0, 0.05) is 44.0 Å². The summed E-state index contributed by atoms with van der Waals surface area (Å²) in [5.74, 6) is 0.906. The highest BCUT2D eigenvalue weighted by Gasteiger charge is 2.40. The maximum Gasteiger partial charge on any atom is 0.257 e. The largest absolute Gasteiger partial charge is 0.367 e. The lowest BCUT2D eigenvalue weighted by atomic mass is 9.96. The van der Waals surface area contributed by atoms with Crippen molar-refractivity contribution < 1.29 is 4.79 Å². The molecular formula is C25H32N4O. The molecule has 0 saturated carbocycles. The van der Waals surface area contributed by atoms with Crippen molar-refractivity contribution in [2.75, 3.05) is 18.4 Å². The summed E-state index contributed by atoms with van der Waals surface area (Å²) in [5, 5.41) is 3.67. The molecule has 2 unspecified atom stereocenters. The van der Waals surface area contributed by atoms with E-state index in [1.807, 2.05) is 17.0 Å². The van der Waals surface area contributed by atoms with Gasteiger partial charge >= 0.3 is 0 Å². The highest BCUT2D eigenvalue weighted by molar-refractivity contribution is 5.98. The SMILES string of the molecule is O=C(c1cccnc1NC1CC2CCC(C1)N2Cc1ccccc1)N1CCCCC1. The fourth-order valence-electron chi connectivity index (χ4n) is 5.60. The second-order valence-corrected chi connectivity index (χ2v) is 9.11. The lowest BCUT2D eigenvalue weighted by Crippen LogP contribution is -2.46. The fraction of sp³-hybridized carbons (Fsp3) is 0.520. The Morgan fingerprint density at radius 2 is 1.70 bits per heavy atom. The first-order chi connectivity index (χ1) is 14.8. The minimum absolute atomic E-state index is 0.134. The van der Waals surface area contributed by atoms with E-state index in [2.05, 4.69) is 45.5 Å². The third-order valence-corrected chi connectivity index (χ3v) is 7.11. The molecule has 0 radical (unpaired) electrons. The Hall–Kier alpha value is -2.40. The van der Waals surface area contributed by atoms with Crippen LogP contribution in [0.5, 0.6) is 0 Å². The van der Waals surface area contributed by atoms with Gasteiger partial charge in [0.15, 0.2) is 0 Å². The van der Waals surface area contributed by atoms with Crippen molar-refractivity contribution in [2.24, 2.45) is 0 Å². The van der Waals surface area contributed by atoms with Crippen molar-refractivity contribution in [1.82, 2.24) is 14.8 Å². The first kappa shape index (κ1) is 19.6. The van der Waals surface area contributed by atoms with Gasteiger partial charge in [-0.15, -0.1) is 0 Å². The zero-order chi connectivity index (χ0) is 20.3. The molecular weight excluding hydrogens is 372 g/mol. The molecule has 5 rings (SSSR count). The first-order valence-corrected chi connectivity index (χ1v) is 11.6. The second-order valence-electron chi connectivity index (χ2n) is 9.11. The number of anilines is 1. The monoisotopic (exact) mass is 404 g/mol. The van der Waals surface area contributed by atoms with Crippen molar-refractivity contribution in [3.05, 3.63) is 59.8 Å². The zero-order valence-electron chi connectivity index (χ0n) is 17.7. The van der Waals surface area contributed by atoms with Gasteiger partial charge in [0.1, 0.15) is 5.82 Å². The van der Waals surface area contributed by atoms with E-state index >= 15 is 0 Å². The number of pyridine rings is 1. The Morgan fingerprint density at radius 1 is 0.967 bits per heavy atom. The molecule has 1 amide bonds. The topological polar surface area (TPSA) is 48.5 Å². The van der Waals surface area contributed by atoms with Crippen LogP contribution in [0.3, 0.4) is 0 Å². The standard InChI is InChI=1S/C25H32N4O/c30-25(28-14-5-2-6-15-28)23-10-7-13-26-24(23)27-20-16-21-11-12-22(17-20)29(21)18-19-8-3-1-4-9-19/h1,3-4,7-10,13,20-22H,2,5-6,11-12,14-18H2,(H,26,27). The number of aromatic nitrogens is 1. The molecule has 3 aliphatic heterocycles. The Labute approximate surface area is 179 Å². The highest BCUT2D eigenvalue weighted by Crippen LogP contribution is 2.38. The third-order valence-electron chi connectivity index (χ3n) is 7.11. The normalized spacial score (nSPS) is 26.5. The van der Waals surface area contributed by atoms with Crippen LogP contribution in [-0.2, 0) is 6.54 Å². The van der Waals surface area contributed by atoms with Gasteiger partial charge in [-0.25, -0.2) is 4.98 Å². The van der Waals surface area contributed by atoms with E-state index in [-0.39, 0.29) is 5.91 Å². The van der Waals surface area contributed by atoms with Crippen LogP contribution < -0.4 is 5.32 Å². The van der Waals surface area contributed by atoms with E-state index < -0.39 is 0 Å². The Balaban J connectivity index is 1.26. The van der Waals surface area contributed by atoms with E-state index in [1.54, 1.807) is 6.20 Å². The highest BCUT2D eigenvalue weighted by atomic mass is 16.2. The van der Waals surface area contributed by atoms with Crippen LogP contribution >= 0.6 is 0 Å². The van der Waals surface area contributed by atoms with Gasteiger partial charge in [0.25, 0.3) is 5.91 Å². The summed E-state index contributed by atoms with van der Waals surface area (Å²) in [6, 6.07) is 16.3. The lowest BCUT2D eigenvalue weighted by molar-refractivity contribution is 0.0724. The summed E-state index contributed by atoms with van der Waals surface area (Å²) in [6.45, 7) is 2.79. The molecule has 5 nitrogen and oxygen atoms in total. The van der Waals surface area contributed by atoms with Gasteiger partial charge in [-0.2, -0.15) is 0 Å². The van der Waals surface area contributed by atoms with Crippen molar-refractivity contribution in [3.8, 4) is 0 Å². The summed E-state index contributed by atoms with van der Waals surface area (Å²) < 4.78 is 0. The number of piperidine rings is 2. The summed E-state index contributed by atoms with van der Waals surface area (Å²) in [4.78, 5) is 22.4. The van der Waals surface area contributed by atoms with Crippen molar-refractivity contribution in [2.45, 2.75) is 69.6 Å². The Bertz CT molecular complexity index is 850. The summed E-state index contributed by atoms with van der Waals surface area (Å²) in [5.41, 5.74) is 2.14. The van der Waals surface area contributed by atoms with Crippen LogP contribution in [0, 0.1) is 0 Å². The molecule has 3 saturated heterocycles. The average Bonchev–Trinajstić information content (AvgIpc) is 3.02. The van der Waals surface area contributed by atoms with Crippen LogP contribution in [0.25, 0.3) is 0 Å². The number of fused-ring (bicyclic) bond motifs is 2. The molecule has 0 aliphatic carbocycles. The Kier molecular flexibility index (Phi) is 5.71. The number of carbonyl (C=O) groups excluding carboxylic acids is 1. The van der Waals surface area contributed by atoms with Crippen LogP contribution in [0.2, 0.25) is 0 Å². The molecule has 3 fully saturated rings. The maximum atomic E-state index is 13.1. The number of likely N-dealkylation sites (tertiary alicyclic amines) is 1. The fourth-order valence-corrected chi connectivity index (χ4v) is 5.60. The van der Waals surface area contributed by atoms with Gasteiger partial charge in [0.05, 0.1) is 5.56 Å². The molecule has 1 aromatic carbocycles. The summed E-state index contributed by atoms with van der Waals surface area (Å²) >= 11 is 0. The van der Waals surface area contributed by atoms with Gasteiger partial charge in [-0.05, 0) is 62.6 Å². The average molecular weight is 405 g/mol. The molecule has 1 aromatic heterocycles. The number of nitrogens with zero attached hydrogens (tertiary/aromatic N) is 3. The van der Waals surface area contributed by atoms with E-state index in [9.17, 15) is 4.79 Å². The van der Waals surface area contributed by atoms with Crippen LogP contribution in [-0.4, -0.2) is 51.9 Å². The number of benzene rings is 1. The van der Waals surface area contributed by atoms with Crippen molar-refractivity contribution >= 4 is 11.7 Å². The molecule has 4 heterocycles. The number of hydrogen-bond acceptors (Lipinski definition) is 4. The molecule has 0 spiro atoms. The Morgan fingerprint density at radius 3 is 2.43 bits per heavy atom. The van der Waals surface area contributed by atoms with E-state index in [1.165, 1.54) is 24.8 Å². The van der Waals surface area contributed by atoms with Crippen molar-refractivity contribution in [3.63, 3.8) is 0 Å². The van der Waals surface area contributed by atoms with Gasteiger partial charge in [-0.3, -0.25) is 9.69 Å². The molecule has 30 heavy (non-hydrogen) atoms. The third kappa shape index (κ3) is 4.08. The number of amides is 1. The quantitative estimate of drug-likeness (QED) is 0.807. The van der Waals surface area contributed by atoms with Gasteiger partial charge in [-0.1, -0.05) is 30.3 Å². The smallest absolute Gasteiger partial charge is 0.257 e. The predicted molar refractivity (Wildman–Crippen MR) is 119 cm³/mol. The summed E-state index contributed by atoms with van der Waals surface area (Å²) in [6.07, 6.45) is 10.0. The molecule has 1 N–H and O–H groups in total. The number of hydrogen-bond donors (Lipinski definition) is 1. The minimum Gasteiger partial charge on any atom is -0.367 e. The van der Waals surface area contributed by atoms with E-state index in [4.69, 9.17) is 0 Å². The van der Waals surface area contributed by atoms with Gasteiger partial charge in [0.2, 0.25) is 0 Å². The maximum absolute atomic E-state index is 13.1. The predicted octanol–water partition coefficient (Wildman–Crippen LogP) is 4.32. The van der Waals surface area contributed by atoms with Gasteiger partial charge < -0.3 is 10.2 Å². The first-order valence-electron chi connectivity index (χ1n) is 11.6.